The SMILES string of the molecule is O=Cc1cccn(CC2CCNC2)c1=O. The molecule has 1 saturated heterocycles. The molecule has 0 amide bonds. The van der Waals surface area contributed by atoms with Gasteiger partial charge in [-0.2, -0.15) is 0 Å². The Kier molecular flexibility index (Phi) is 2.97. The van der Waals surface area contributed by atoms with Crippen molar-refractivity contribution in [1.29, 1.82) is 0 Å². The van der Waals surface area contributed by atoms with Crippen molar-refractivity contribution in [1.82, 2.24) is 9.88 Å². The molecule has 1 fully saturated rings. The topological polar surface area (TPSA) is 51.1 Å². The second-order valence-electron chi connectivity index (χ2n) is 3.90. The number of nitrogens with zero attached hydrogens (tertiary/aromatic N) is 1. The lowest BCUT2D eigenvalue weighted by atomic mass is 10.1. The van der Waals surface area contributed by atoms with Crippen molar-refractivity contribution >= 4 is 6.29 Å². The molecule has 1 aromatic rings. The Balaban J connectivity index is 2.20. The summed E-state index contributed by atoms with van der Waals surface area (Å²) in [7, 11) is 0. The van der Waals surface area contributed by atoms with Crippen LogP contribution in [0.2, 0.25) is 0 Å². The largest absolute Gasteiger partial charge is 0.316 e. The summed E-state index contributed by atoms with van der Waals surface area (Å²) in [6.07, 6.45) is 3.46. The first-order chi connectivity index (χ1) is 7.31. The lowest BCUT2D eigenvalue weighted by Crippen LogP contribution is -2.26. The fourth-order valence-corrected chi connectivity index (χ4v) is 1.94. The smallest absolute Gasteiger partial charge is 0.261 e. The maximum atomic E-state index is 11.7. The van der Waals surface area contributed by atoms with E-state index in [0.29, 0.717) is 18.7 Å². The average Bonchev–Trinajstić information content (AvgIpc) is 2.74. The molecule has 1 aliphatic heterocycles. The lowest BCUT2D eigenvalue weighted by molar-refractivity contribution is 0.112. The van der Waals surface area contributed by atoms with Gasteiger partial charge < -0.3 is 9.88 Å². The molecule has 15 heavy (non-hydrogen) atoms. The van der Waals surface area contributed by atoms with Crippen LogP contribution in [0, 0.1) is 5.92 Å². The molecule has 0 aliphatic carbocycles. The van der Waals surface area contributed by atoms with Gasteiger partial charge in [-0.15, -0.1) is 0 Å². The Morgan fingerprint density at radius 3 is 3.13 bits per heavy atom. The number of nitrogens with one attached hydrogen (secondary N) is 1. The average molecular weight is 206 g/mol. The van der Waals surface area contributed by atoms with E-state index in [9.17, 15) is 9.59 Å². The van der Waals surface area contributed by atoms with Crippen LogP contribution in [0.1, 0.15) is 16.8 Å². The third kappa shape index (κ3) is 2.15. The standard InChI is InChI=1S/C11H14N2O2/c14-8-10-2-1-5-13(11(10)15)7-9-3-4-12-6-9/h1-2,5,8-9,12H,3-4,6-7H2. The molecular weight excluding hydrogens is 192 g/mol. The van der Waals surface area contributed by atoms with E-state index >= 15 is 0 Å². The summed E-state index contributed by atoms with van der Waals surface area (Å²) in [5.41, 5.74) is 0.0582. The number of aldehydes is 1. The van der Waals surface area contributed by atoms with Gasteiger partial charge in [-0.25, -0.2) is 0 Å². The molecule has 0 saturated carbocycles. The van der Waals surface area contributed by atoms with Crippen LogP contribution in [0.15, 0.2) is 23.1 Å². The van der Waals surface area contributed by atoms with Gasteiger partial charge in [0.15, 0.2) is 6.29 Å². The summed E-state index contributed by atoms with van der Waals surface area (Å²) in [6.45, 7) is 2.68. The first kappa shape index (κ1) is 10.1. The van der Waals surface area contributed by atoms with Crippen molar-refractivity contribution in [2.45, 2.75) is 13.0 Å². The summed E-state index contributed by atoms with van der Waals surface area (Å²) >= 11 is 0. The van der Waals surface area contributed by atoms with Gasteiger partial charge in [-0.1, -0.05) is 0 Å². The van der Waals surface area contributed by atoms with Crippen LogP contribution in [0.25, 0.3) is 0 Å². The molecule has 0 spiro atoms. The highest BCUT2D eigenvalue weighted by atomic mass is 16.1. The van der Waals surface area contributed by atoms with Gasteiger partial charge >= 0.3 is 0 Å². The van der Waals surface area contributed by atoms with E-state index < -0.39 is 0 Å². The van der Waals surface area contributed by atoms with Gasteiger partial charge in [0.25, 0.3) is 5.56 Å². The molecule has 1 atom stereocenters. The maximum absolute atomic E-state index is 11.7. The minimum Gasteiger partial charge on any atom is -0.316 e. The summed E-state index contributed by atoms with van der Waals surface area (Å²) in [5.74, 6) is 0.504. The monoisotopic (exact) mass is 206 g/mol. The van der Waals surface area contributed by atoms with Crippen molar-refractivity contribution in [3.63, 3.8) is 0 Å². The van der Waals surface area contributed by atoms with Crippen LogP contribution in [-0.2, 0) is 6.54 Å². The lowest BCUT2D eigenvalue weighted by Gasteiger charge is -2.10. The van der Waals surface area contributed by atoms with Crippen LogP contribution in [-0.4, -0.2) is 23.9 Å². The third-order valence-electron chi connectivity index (χ3n) is 2.79. The fraction of sp³-hybridized carbons (Fsp3) is 0.455. The molecule has 2 rings (SSSR count). The van der Waals surface area contributed by atoms with E-state index in [-0.39, 0.29) is 11.1 Å². The first-order valence-electron chi connectivity index (χ1n) is 5.16. The number of hydrogen-bond acceptors (Lipinski definition) is 3. The predicted molar refractivity (Wildman–Crippen MR) is 57.1 cm³/mol. The first-order valence-corrected chi connectivity index (χ1v) is 5.16. The van der Waals surface area contributed by atoms with E-state index in [1.54, 1.807) is 22.9 Å². The molecule has 2 heterocycles. The van der Waals surface area contributed by atoms with Gasteiger partial charge in [0.05, 0.1) is 5.56 Å². The van der Waals surface area contributed by atoms with Crippen LogP contribution >= 0.6 is 0 Å². The van der Waals surface area contributed by atoms with Gasteiger partial charge in [0, 0.05) is 12.7 Å². The zero-order chi connectivity index (χ0) is 10.7. The molecule has 0 radical (unpaired) electrons. The minimum atomic E-state index is -0.181. The van der Waals surface area contributed by atoms with Crippen LogP contribution in [0.3, 0.4) is 0 Å². The molecule has 1 aliphatic rings. The molecule has 1 aromatic heterocycles. The van der Waals surface area contributed by atoms with Gasteiger partial charge in [-0.3, -0.25) is 9.59 Å². The van der Waals surface area contributed by atoms with E-state index in [2.05, 4.69) is 5.32 Å². The van der Waals surface area contributed by atoms with Gasteiger partial charge in [-0.05, 0) is 37.6 Å². The van der Waals surface area contributed by atoms with Crippen molar-refractivity contribution in [2.75, 3.05) is 13.1 Å². The maximum Gasteiger partial charge on any atom is 0.261 e. The predicted octanol–water partition coefficient (Wildman–Crippen LogP) is 0.270. The number of rotatable bonds is 3. The molecular formula is C11H14N2O2. The van der Waals surface area contributed by atoms with Crippen LogP contribution in [0.4, 0.5) is 0 Å². The summed E-state index contributed by atoms with van der Waals surface area (Å²) in [5, 5.41) is 3.26. The molecule has 80 valence electrons. The number of hydrogen-bond donors (Lipinski definition) is 1. The normalized spacial score (nSPS) is 20.4. The molecule has 4 heteroatoms. The minimum absolute atomic E-state index is 0.181. The van der Waals surface area contributed by atoms with Gasteiger partial charge in [0.1, 0.15) is 0 Å². The Hall–Kier alpha value is -1.42. The molecule has 1 N–H and O–H groups in total. The Bertz CT molecular complexity index is 405. The van der Waals surface area contributed by atoms with Crippen molar-refractivity contribution in [3.8, 4) is 0 Å². The third-order valence-corrected chi connectivity index (χ3v) is 2.79. The highest BCUT2D eigenvalue weighted by Gasteiger charge is 2.15. The van der Waals surface area contributed by atoms with Gasteiger partial charge in [0.2, 0.25) is 0 Å². The molecule has 4 nitrogen and oxygen atoms in total. The van der Waals surface area contributed by atoms with E-state index in [1.165, 1.54) is 0 Å². The Morgan fingerprint density at radius 1 is 1.60 bits per heavy atom. The molecule has 0 aromatic carbocycles. The molecule has 1 unspecified atom stereocenters. The summed E-state index contributed by atoms with van der Waals surface area (Å²) in [4.78, 5) is 22.3. The van der Waals surface area contributed by atoms with Crippen molar-refractivity contribution in [3.05, 3.63) is 34.2 Å². The zero-order valence-electron chi connectivity index (χ0n) is 8.48. The van der Waals surface area contributed by atoms with E-state index in [4.69, 9.17) is 0 Å². The van der Waals surface area contributed by atoms with Crippen LogP contribution in [0.5, 0.6) is 0 Å². The zero-order valence-corrected chi connectivity index (χ0v) is 8.48. The second kappa shape index (κ2) is 4.40. The Morgan fingerprint density at radius 2 is 2.47 bits per heavy atom. The number of pyridine rings is 1. The second-order valence-corrected chi connectivity index (χ2v) is 3.90. The highest BCUT2D eigenvalue weighted by molar-refractivity contribution is 5.73. The van der Waals surface area contributed by atoms with E-state index in [1.807, 2.05) is 0 Å². The Labute approximate surface area is 87.9 Å². The van der Waals surface area contributed by atoms with Crippen molar-refractivity contribution < 1.29 is 4.79 Å². The number of carbonyl (C=O) groups is 1. The molecule has 0 bridgehead atoms. The number of aromatic nitrogens is 1. The highest BCUT2D eigenvalue weighted by Crippen LogP contribution is 2.09. The summed E-state index contributed by atoms with van der Waals surface area (Å²) in [6, 6.07) is 3.30. The summed E-state index contributed by atoms with van der Waals surface area (Å²) < 4.78 is 1.63. The fourth-order valence-electron chi connectivity index (χ4n) is 1.94. The quantitative estimate of drug-likeness (QED) is 0.722. The number of carbonyl (C=O) groups excluding carboxylic acids is 1. The van der Waals surface area contributed by atoms with E-state index in [0.717, 1.165) is 19.5 Å². The van der Waals surface area contributed by atoms with Crippen molar-refractivity contribution in [2.24, 2.45) is 5.92 Å². The van der Waals surface area contributed by atoms with Crippen LogP contribution < -0.4 is 10.9 Å².